The SMILES string of the molecule is CCN1c2cc(OC)c(/C=C(\C#N)C(=O)Nc3ccccc3)cc2C(C)=CC1(C)C. The molecular weight excluding hydrogens is 374 g/mol. The third-order valence-corrected chi connectivity index (χ3v) is 5.34. The smallest absolute Gasteiger partial charge is 0.266 e. The van der Waals surface area contributed by atoms with Crippen molar-refractivity contribution >= 4 is 28.9 Å². The highest BCUT2D eigenvalue weighted by Gasteiger charge is 2.31. The third-order valence-electron chi connectivity index (χ3n) is 5.34. The van der Waals surface area contributed by atoms with Crippen LogP contribution >= 0.6 is 0 Å². The number of amides is 1. The fourth-order valence-electron chi connectivity index (χ4n) is 4.01. The first-order chi connectivity index (χ1) is 14.3. The minimum atomic E-state index is -0.452. The summed E-state index contributed by atoms with van der Waals surface area (Å²) in [6, 6.07) is 15.1. The number of methoxy groups -OCH3 is 1. The Kier molecular flexibility index (Phi) is 5.98. The van der Waals surface area contributed by atoms with Crippen LogP contribution in [0.15, 0.2) is 54.1 Å². The van der Waals surface area contributed by atoms with Gasteiger partial charge in [-0.15, -0.1) is 0 Å². The zero-order valence-corrected chi connectivity index (χ0v) is 18.1. The number of ether oxygens (including phenoxy) is 1. The summed E-state index contributed by atoms with van der Waals surface area (Å²) in [5.74, 6) is 0.171. The molecule has 0 aliphatic carbocycles. The molecule has 0 radical (unpaired) electrons. The van der Waals surface area contributed by atoms with Gasteiger partial charge in [-0.05, 0) is 57.5 Å². The Hall–Kier alpha value is -3.52. The number of benzene rings is 2. The van der Waals surface area contributed by atoms with Crippen LogP contribution in [-0.4, -0.2) is 25.1 Å². The maximum absolute atomic E-state index is 12.6. The highest BCUT2D eigenvalue weighted by atomic mass is 16.5. The van der Waals surface area contributed by atoms with E-state index in [2.05, 4.69) is 44.0 Å². The van der Waals surface area contributed by atoms with Gasteiger partial charge < -0.3 is 15.0 Å². The van der Waals surface area contributed by atoms with Crippen molar-refractivity contribution in [3.05, 3.63) is 65.2 Å². The van der Waals surface area contributed by atoms with Crippen LogP contribution in [0.3, 0.4) is 0 Å². The van der Waals surface area contributed by atoms with E-state index in [9.17, 15) is 10.1 Å². The second kappa shape index (κ2) is 8.46. The number of allylic oxidation sites excluding steroid dienone is 1. The summed E-state index contributed by atoms with van der Waals surface area (Å²) < 4.78 is 5.62. The summed E-state index contributed by atoms with van der Waals surface area (Å²) in [6.45, 7) is 9.43. The molecule has 1 amide bonds. The number of carbonyl (C=O) groups is 1. The summed E-state index contributed by atoms with van der Waals surface area (Å²) in [6.07, 6.45) is 3.83. The molecule has 1 aliphatic rings. The largest absolute Gasteiger partial charge is 0.496 e. The van der Waals surface area contributed by atoms with Crippen molar-refractivity contribution in [2.24, 2.45) is 0 Å². The van der Waals surface area contributed by atoms with Gasteiger partial charge in [0.15, 0.2) is 0 Å². The van der Waals surface area contributed by atoms with Crippen LogP contribution in [0.25, 0.3) is 11.6 Å². The van der Waals surface area contributed by atoms with Crippen molar-refractivity contribution in [1.82, 2.24) is 0 Å². The molecule has 0 saturated heterocycles. The van der Waals surface area contributed by atoms with Crippen LogP contribution in [0.4, 0.5) is 11.4 Å². The predicted molar refractivity (Wildman–Crippen MR) is 122 cm³/mol. The van der Waals surface area contributed by atoms with Crippen LogP contribution in [0.1, 0.15) is 38.8 Å². The molecule has 0 bridgehead atoms. The zero-order chi connectivity index (χ0) is 21.9. The summed E-state index contributed by atoms with van der Waals surface area (Å²) in [5, 5.41) is 12.4. The Morgan fingerprint density at radius 3 is 2.57 bits per heavy atom. The molecule has 0 atom stereocenters. The minimum absolute atomic E-state index is 0.0159. The van der Waals surface area contributed by atoms with Crippen LogP contribution in [0.5, 0.6) is 5.75 Å². The van der Waals surface area contributed by atoms with E-state index >= 15 is 0 Å². The lowest BCUT2D eigenvalue weighted by Crippen LogP contribution is -2.44. The number of nitrogens with zero attached hydrogens (tertiary/aromatic N) is 2. The molecule has 3 rings (SSSR count). The average molecular weight is 402 g/mol. The first-order valence-electron chi connectivity index (χ1n) is 9.98. The third kappa shape index (κ3) is 4.08. The van der Waals surface area contributed by atoms with Crippen molar-refractivity contribution in [2.75, 3.05) is 23.9 Å². The number of para-hydroxylation sites is 1. The molecule has 0 saturated carbocycles. The number of hydrogen-bond donors (Lipinski definition) is 1. The second-order valence-electron chi connectivity index (χ2n) is 7.83. The van der Waals surface area contributed by atoms with Gasteiger partial charge in [0, 0.05) is 35.1 Å². The van der Waals surface area contributed by atoms with Gasteiger partial charge in [-0.1, -0.05) is 24.3 Å². The van der Waals surface area contributed by atoms with Crippen LogP contribution < -0.4 is 15.0 Å². The van der Waals surface area contributed by atoms with Gasteiger partial charge >= 0.3 is 0 Å². The van der Waals surface area contributed by atoms with E-state index < -0.39 is 5.91 Å². The maximum atomic E-state index is 12.6. The first kappa shape index (κ1) is 21.2. The normalized spacial score (nSPS) is 15.0. The van der Waals surface area contributed by atoms with Crippen molar-refractivity contribution < 1.29 is 9.53 Å². The van der Waals surface area contributed by atoms with Crippen LogP contribution in [-0.2, 0) is 4.79 Å². The molecule has 1 aliphatic heterocycles. The lowest BCUT2D eigenvalue weighted by atomic mass is 9.87. The number of nitriles is 1. The van der Waals surface area contributed by atoms with Gasteiger partial charge in [0.25, 0.3) is 5.91 Å². The summed E-state index contributed by atoms with van der Waals surface area (Å²) >= 11 is 0. The highest BCUT2D eigenvalue weighted by Crippen LogP contribution is 2.42. The number of carbonyl (C=O) groups excluding carboxylic acids is 1. The van der Waals surface area contributed by atoms with Crippen molar-refractivity contribution in [2.45, 2.75) is 33.2 Å². The van der Waals surface area contributed by atoms with E-state index in [4.69, 9.17) is 4.74 Å². The number of likely N-dealkylation sites (N-methyl/N-ethyl adjacent to an activating group) is 1. The van der Waals surface area contributed by atoms with E-state index in [1.807, 2.05) is 36.4 Å². The molecule has 2 aromatic rings. The van der Waals surface area contributed by atoms with Gasteiger partial charge in [-0.25, -0.2) is 0 Å². The Morgan fingerprint density at radius 2 is 1.97 bits per heavy atom. The number of hydrogen-bond acceptors (Lipinski definition) is 4. The van der Waals surface area contributed by atoms with E-state index in [-0.39, 0.29) is 11.1 Å². The topological polar surface area (TPSA) is 65.4 Å². The van der Waals surface area contributed by atoms with Crippen LogP contribution in [0, 0.1) is 11.3 Å². The van der Waals surface area contributed by atoms with E-state index in [0.717, 1.165) is 23.4 Å². The number of nitrogens with one attached hydrogen (secondary N) is 1. The molecule has 5 nitrogen and oxygen atoms in total. The molecule has 2 aromatic carbocycles. The lowest BCUT2D eigenvalue weighted by molar-refractivity contribution is -0.112. The molecule has 1 heterocycles. The average Bonchev–Trinajstić information content (AvgIpc) is 2.72. The van der Waals surface area contributed by atoms with Gasteiger partial charge in [0.05, 0.1) is 12.6 Å². The van der Waals surface area contributed by atoms with Crippen LogP contribution in [0.2, 0.25) is 0 Å². The first-order valence-corrected chi connectivity index (χ1v) is 9.98. The minimum Gasteiger partial charge on any atom is -0.496 e. The lowest BCUT2D eigenvalue weighted by Gasteiger charge is -2.43. The van der Waals surface area contributed by atoms with Crippen molar-refractivity contribution in [1.29, 1.82) is 5.26 Å². The van der Waals surface area contributed by atoms with Gasteiger partial charge in [-0.2, -0.15) is 5.26 Å². The standard InChI is InChI=1S/C25H27N3O2/c1-6-28-22-14-23(30-5)18(13-21(22)17(2)15-25(28,3)4)12-19(16-26)24(29)27-20-10-8-7-9-11-20/h7-15H,6H2,1-5H3,(H,27,29)/b19-12+. The zero-order valence-electron chi connectivity index (χ0n) is 18.1. The Labute approximate surface area is 178 Å². The Balaban J connectivity index is 2.05. The highest BCUT2D eigenvalue weighted by molar-refractivity contribution is 6.10. The molecule has 0 fully saturated rings. The van der Waals surface area contributed by atoms with Crippen molar-refractivity contribution in [3.63, 3.8) is 0 Å². The van der Waals surface area contributed by atoms with E-state index in [0.29, 0.717) is 17.0 Å². The van der Waals surface area contributed by atoms with Gasteiger partial charge in [-0.3, -0.25) is 4.79 Å². The second-order valence-corrected chi connectivity index (χ2v) is 7.83. The van der Waals surface area contributed by atoms with E-state index in [1.165, 1.54) is 0 Å². The van der Waals surface area contributed by atoms with Gasteiger partial charge in [0.1, 0.15) is 17.4 Å². The van der Waals surface area contributed by atoms with Gasteiger partial charge in [0.2, 0.25) is 0 Å². The predicted octanol–water partition coefficient (Wildman–Crippen LogP) is 5.26. The molecule has 1 N–H and O–H groups in total. The fourth-order valence-corrected chi connectivity index (χ4v) is 4.01. The van der Waals surface area contributed by atoms with E-state index in [1.54, 1.807) is 25.3 Å². The molecule has 0 spiro atoms. The molecule has 30 heavy (non-hydrogen) atoms. The summed E-state index contributed by atoms with van der Waals surface area (Å²) in [5.41, 5.74) is 4.56. The van der Waals surface area contributed by atoms with Crippen molar-refractivity contribution in [3.8, 4) is 11.8 Å². The Bertz CT molecular complexity index is 1060. The number of anilines is 2. The molecular formula is C25H27N3O2. The maximum Gasteiger partial charge on any atom is 0.266 e. The molecule has 0 unspecified atom stereocenters. The summed E-state index contributed by atoms with van der Waals surface area (Å²) in [4.78, 5) is 14.9. The summed E-state index contributed by atoms with van der Waals surface area (Å²) in [7, 11) is 1.60. The monoisotopic (exact) mass is 401 g/mol. The molecule has 0 aromatic heterocycles. The fraction of sp³-hybridized carbons (Fsp3) is 0.280. The number of rotatable bonds is 5. The molecule has 5 heteroatoms. The quantitative estimate of drug-likeness (QED) is 0.548. The number of fused-ring (bicyclic) bond motifs is 1. The Morgan fingerprint density at radius 1 is 1.27 bits per heavy atom. The molecule has 154 valence electrons.